The van der Waals surface area contributed by atoms with E-state index >= 15 is 0 Å². The summed E-state index contributed by atoms with van der Waals surface area (Å²) in [6.45, 7) is 2.06. The van der Waals surface area contributed by atoms with Crippen LogP contribution in [0.15, 0.2) is 22.9 Å². The smallest absolute Gasteiger partial charge is 0.308 e. The molecule has 1 rings (SSSR count). The first-order valence-corrected chi connectivity index (χ1v) is 6.46. The van der Waals surface area contributed by atoms with Crippen molar-refractivity contribution in [3.63, 3.8) is 0 Å². The van der Waals surface area contributed by atoms with E-state index in [9.17, 15) is 9.59 Å². The maximum atomic E-state index is 11.8. The Bertz CT molecular complexity index is 437. The van der Waals surface area contributed by atoms with Gasteiger partial charge in [0.1, 0.15) is 4.60 Å². The quantitative estimate of drug-likeness (QED) is 0.788. The van der Waals surface area contributed by atoms with E-state index in [-0.39, 0.29) is 12.5 Å². The maximum Gasteiger partial charge on any atom is 0.308 e. The van der Waals surface area contributed by atoms with Gasteiger partial charge in [-0.2, -0.15) is 0 Å². The van der Waals surface area contributed by atoms with E-state index in [1.165, 1.54) is 6.20 Å². The van der Waals surface area contributed by atoms with Crippen LogP contribution in [0.2, 0.25) is 0 Å². The minimum atomic E-state index is -0.881. The number of carbonyl (C=O) groups excluding carboxylic acids is 1. The summed E-state index contributed by atoms with van der Waals surface area (Å²) in [6, 6.07) is 3.17. The van der Waals surface area contributed by atoms with Crippen LogP contribution in [-0.4, -0.2) is 28.5 Å². The number of rotatable bonds is 6. The molecule has 1 heterocycles. The molecule has 0 radical (unpaired) electrons. The lowest BCUT2D eigenvalue weighted by Crippen LogP contribution is -2.32. The molecule has 1 aromatic heterocycles. The third kappa shape index (κ3) is 4.44. The van der Waals surface area contributed by atoms with Crippen LogP contribution in [0.4, 0.5) is 0 Å². The van der Waals surface area contributed by atoms with Gasteiger partial charge in [0.2, 0.25) is 0 Å². The van der Waals surface area contributed by atoms with Gasteiger partial charge < -0.3 is 10.4 Å². The third-order valence-corrected chi connectivity index (χ3v) is 2.92. The number of nitrogens with zero attached hydrogens (tertiary/aromatic N) is 1. The van der Waals surface area contributed by atoms with Gasteiger partial charge in [-0.05, 0) is 34.5 Å². The average Bonchev–Trinajstić information content (AvgIpc) is 2.33. The van der Waals surface area contributed by atoms with Gasteiger partial charge in [-0.1, -0.05) is 13.3 Å². The van der Waals surface area contributed by atoms with Gasteiger partial charge >= 0.3 is 5.97 Å². The van der Waals surface area contributed by atoms with Crippen LogP contribution in [0.3, 0.4) is 0 Å². The fourth-order valence-electron chi connectivity index (χ4n) is 1.52. The van der Waals surface area contributed by atoms with Crippen LogP contribution in [0.5, 0.6) is 0 Å². The number of halogens is 1. The van der Waals surface area contributed by atoms with E-state index in [0.29, 0.717) is 16.6 Å². The monoisotopic (exact) mass is 314 g/mol. The molecule has 1 amide bonds. The molecule has 0 aliphatic carbocycles. The first-order chi connectivity index (χ1) is 8.54. The molecule has 5 nitrogen and oxygen atoms in total. The van der Waals surface area contributed by atoms with Crippen LogP contribution in [0.25, 0.3) is 0 Å². The summed E-state index contributed by atoms with van der Waals surface area (Å²) in [5.74, 6) is -1.71. The Balaban J connectivity index is 2.57. The highest BCUT2D eigenvalue weighted by molar-refractivity contribution is 9.10. The predicted octanol–water partition coefficient (Wildman–Crippen LogP) is 2.07. The van der Waals surface area contributed by atoms with Crippen molar-refractivity contribution in [2.75, 3.05) is 6.54 Å². The van der Waals surface area contributed by atoms with E-state index in [4.69, 9.17) is 5.11 Å². The molecular weight excluding hydrogens is 300 g/mol. The molecule has 0 spiro atoms. The van der Waals surface area contributed by atoms with E-state index in [1.807, 2.05) is 6.92 Å². The largest absolute Gasteiger partial charge is 0.481 e. The molecule has 0 bridgehead atoms. The molecule has 0 aromatic carbocycles. The van der Waals surface area contributed by atoms with Gasteiger partial charge in [0.25, 0.3) is 5.91 Å². The number of hydrogen-bond donors (Lipinski definition) is 2. The molecule has 2 N–H and O–H groups in total. The highest BCUT2D eigenvalue weighted by Gasteiger charge is 2.17. The van der Waals surface area contributed by atoms with Gasteiger partial charge in [0.05, 0.1) is 5.92 Å². The molecule has 0 aliphatic rings. The number of aliphatic carboxylic acids is 1. The topological polar surface area (TPSA) is 79.3 Å². The van der Waals surface area contributed by atoms with Gasteiger partial charge in [-0.25, -0.2) is 4.98 Å². The predicted molar refractivity (Wildman–Crippen MR) is 70.3 cm³/mol. The molecule has 0 aliphatic heterocycles. The first kappa shape index (κ1) is 14.6. The Kier molecular flexibility index (Phi) is 5.77. The second-order valence-corrected chi connectivity index (χ2v) is 4.71. The molecule has 1 atom stereocenters. The lowest BCUT2D eigenvalue weighted by Gasteiger charge is -2.12. The number of amides is 1. The van der Waals surface area contributed by atoms with Crippen molar-refractivity contribution in [2.24, 2.45) is 5.92 Å². The van der Waals surface area contributed by atoms with Crippen molar-refractivity contribution in [2.45, 2.75) is 19.8 Å². The Hall–Kier alpha value is -1.43. The van der Waals surface area contributed by atoms with Crippen LogP contribution in [0, 0.1) is 5.92 Å². The number of aromatic nitrogens is 1. The highest BCUT2D eigenvalue weighted by Crippen LogP contribution is 2.09. The lowest BCUT2D eigenvalue weighted by molar-refractivity contribution is -0.141. The summed E-state index contributed by atoms with van der Waals surface area (Å²) in [5.41, 5.74) is 0.456. The van der Waals surface area contributed by atoms with E-state index < -0.39 is 11.9 Å². The summed E-state index contributed by atoms with van der Waals surface area (Å²) in [6.07, 6.45) is 2.84. The summed E-state index contributed by atoms with van der Waals surface area (Å²) in [4.78, 5) is 26.6. The Labute approximate surface area is 114 Å². The van der Waals surface area contributed by atoms with Crippen LogP contribution >= 0.6 is 15.9 Å². The number of nitrogens with one attached hydrogen (secondary N) is 1. The van der Waals surface area contributed by atoms with Crippen molar-refractivity contribution >= 4 is 27.8 Å². The van der Waals surface area contributed by atoms with Crippen LogP contribution in [0.1, 0.15) is 30.1 Å². The fourth-order valence-corrected chi connectivity index (χ4v) is 1.89. The standard InChI is InChI=1S/C12H15BrN2O3/c1-2-3-9(12(17)18)7-15-11(16)8-4-5-14-10(13)6-8/h4-6,9H,2-3,7H2,1H3,(H,15,16)(H,17,18). The summed E-state index contributed by atoms with van der Waals surface area (Å²) in [7, 11) is 0. The van der Waals surface area contributed by atoms with Gasteiger partial charge in [0, 0.05) is 18.3 Å². The number of carboxylic acid groups (broad SMARTS) is 1. The highest BCUT2D eigenvalue weighted by atomic mass is 79.9. The summed E-state index contributed by atoms with van der Waals surface area (Å²) >= 11 is 3.17. The summed E-state index contributed by atoms with van der Waals surface area (Å²) in [5, 5.41) is 11.6. The molecule has 0 fully saturated rings. The number of pyridine rings is 1. The lowest BCUT2D eigenvalue weighted by atomic mass is 10.0. The number of hydrogen-bond acceptors (Lipinski definition) is 3. The van der Waals surface area contributed by atoms with Crippen LogP contribution in [-0.2, 0) is 4.79 Å². The molecule has 0 saturated carbocycles. The van der Waals surface area contributed by atoms with Crippen molar-refractivity contribution in [3.8, 4) is 0 Å². The summed E-state index contributed by atoms with van der Waals surface area (Å²) < 4.78 is 0.568. The fraction of sp³-hybridized carbons (Fsp3) is 0.417. The zero-order valence-corrected chi connectivity index (χ0v) is 11.6. The Morgan fingerprint density at radius 1 is 1.56 bits per heavy atom. The van der Waals surface area contributed by atoms with Crippen molar-refractivity contribution in [1.29, 1.82) is 0 Å². The molecule has 6 heteroatoms. The zero-order chi connectivity index (χ0) is 13.5. The SMILES string of the molecule is CCCC(CNC(=O)c1ccnc(Br)c1)C(=O)O. The van der Waals surface area contributed by atoms with Crippen molar-refractivity contribution in [1.82, 2.24) is 10.3 Å². The normalized spacial score (nSPS) is 11.9. The molecule has 0 saturated heterocycles. The minimum absolute atomic E-state index is 0.141. The first-order valence-electron chi connectivity index (χ1n) is 5.67. The Morgan fingerprint density at radius 2 is 2.28 bits per heavy atom. The second-order valence-electron chi connectivity index (χ2n) is 3.90. The zero-order valence-electron chi connectivity index (χ0n) is 10.0. The minimum Gasteiger partial charge on any atom is -0.481 e. The van der Waals surface area contributed by atoms with Crippen molar-refractivity contribution < 1.29 is 14.7 Å². The maximum absolute atomic E-state index is 11.8. The second kappa shape index (κ2) is 7.10. The number of carboxylic acids is 1. The average molecular weight is 315 g/mol. The van der Waals surface area contributed by atoms with Gasteiger partial charge in [0.15, 0.2) is 0 Å². The van der Waals surface area contributed by atoms with Gasteiger partial charge in [-0.3, -0.25) is 9.59 Å². The molecule has 18 heavy (non-hydrogen) atoms. The van der Waals surface area contributed by atoms with E-state index in [2.05, 4.69) is 26.2 Å². The molecule has 1 aromatic rings. The van der Waals surface area contributed by atoms with Gasteiger partial charge in [-0.15, -0.1) is 0 Å². The number of carbonyl (C=O) groups is 2. The van der Waals surface area contributed by atoms with E-state index in [0.717, 1.165) is 6.42 Å². The Morgan fingerprint density at radius 3 is 2.83 bits per heavy atom. The van der Waals surface area contributed by atoms with Crippen molar-refractivity contribution in [3.05, 3.63) is 28.5 Å². The van der Waals surface area contributed by atoms with E-state index in [1.54, 1.807) is 12.1 Å². The molecule has 1 unspecified atom stereocenters. The molecule has 98 valence electrons. The van der Waals surface area contributed by atoms with Crippen LogP contribution < -0.4 is 5.32 Å². The molecular formula is C12H15BrN2O3. The third-order valence-electron chi connectivity index (χ3n) is 2.48.